The molecule has 0 spiro atoms. The van der Waals surface area contributed by atoms with Crippen LogP contribution in [0.4, 0.5) is 0 Å². The Kier molecular flexibility index (Phi) is 5.46. The molecule has 0 aliphatic carbocycles. The lowest BCUT2D eigenvalue weighted by atomic mass is 9.87. The number of hydrogen-bond acceptors (Lipinski definition) is 3. The molecule has 2 saturated heterocycles. The first kappa shape index (κ1) is 14.3. The highest BCUT2D eigenvalue weighted by Gasteiger charge is 2.36. The van der Waals surface area contributed by atoms with Gasteiger partial charge in [-0.3, -0.25) is 0 Å². The standard InChI is InChI=1S/C15H29NO2/c1-2-4-14-5-3-8-16(9-6-14)11-15(12-17)7-10-18-13-15/h14,17H,2-13H2,1H3. The van der Waals surface area contributed by atoms with Crippen LogP contribution < -0.4 is 0 Å². The van der Waals surface area contributed by atoms with Gasteiger partial charge in [0.05, 0.1) is 13.2 Å². The fraction of sp³-hybridized carbons (Fsp3) is 1.00. The van der Waals surface area contributed by atoms with Crippen molar-refractivity contribution in [3.8, 4) is 0 Å². The van der Waals surface area contributed by atoms with Gasteiger partial charge >= 0.3 is 0 Å². The molecule has 2 rings (SSSR count). The molecule has 0 bridgehead atoms. The Morgan fingerprint density at radius 1 is 1.33 bits per heavy atom. The summed E-state index contributed by atoms with van der Waals surface area (Å²) in [5, 5.41) is 9.65. The van der Waals surface area contributed by atoms with Crippen LogP contribution in [0.5, 0.6) is 0 Å². The Morgan fingerprint density at radius 3 is 2.89 bits per heavy atom. The first-order chi connectivity index (χ1) is 8.78. The highest BCUT2D eigenvalue weighted by Crippen LogP contribution is 2.31. The molecule has 2 unspecified atom stereocenters. The van der Waals surface area contributed by atoms with Crippen molar-refractivity contribution < 1.29 is 9.84 Å². The molecule has 2 aliphatic heterocycles. The zero-order valence-corrected chi connectivity index (χ0v) is 11.9. The van der Waals surface area contributed by atoms with E-state index in [0.29, 0.717) is 0 Å². The predicted molar refractivity (Wildman–Crippen MR) is 73.6 cm³/mol. The number of aliphatic hydroxyl groups excluding tert-OH is 1. The van der Waals surface area contributed by atoms with Gasteiger partial charge in [0.2, 0.25) is 0 Å². The highest BCUT2D eigenvalue weighted by molar-refractivity contribution is 4.86. The summed E-state index contributed by atoms with van der Waals surface area (Å²) in [5.41, 5.74) is 0.0323. The summed E-state index contributed by atoms with van der Waals surface area (Å²) >= 11 is 0. The molecule has 0 aromatic heterocycles. The summed E-state index contributed by atoms with van der Waals surface area (Å²) in [4.78, 5) is 2.57. The van der Waals surface area contributed by atoms with Crippen LogP contribution in [0, 0.1) is 11.3 Å². The van der Waals surface area contributed by atoms with Crippen LogP contribution in [0.15, 0.2) is 0 Å². The monoisotopic (exact) mass is 255 g/mol. The second-order valence-corrected chi connectivity index (χ2v) is 6.32. The van der Waals surface area contributed by atoms with E-state index in [0.717, 1.165) is 32.1 Å². The van der Waals surface area contributed by atoms with Gasteiger partial charge in [0, 0.05) is 18.6 Å². The number of hydrogen-bond donors (Lipinski definition) is 1. The largest absolute Gasteiger partial charge is 0.396 e. The quantitative estimate of drug-likeness (QED) is 0.818. The Bertz CT molecular complexity index is 239. The summed E-state index contributed by atoms with van der Waals surface area (Å²) in [6.07, 6.45) is 7.80. The van der Waals surface area contributed by atoms with E-state index in [2.05, 4.69) is 11.8 Å². The van der Waals surface area contributed by atoms with E-state index in [4.69, 9.17) is 4.74 Å². The fourth-order valence-electron chi connectivity index (χ4n) is 3.50. The smallest absolute Gasteiger partial charge is 0.0557 e. The summed E-state index contributed by atoms with van der Waals surface area (Å²) in [5.74, 6) is 0.935. The van der Waals surface area contributed by atoms with Crippen molar-refractivity contribution in [3.63, 3.8) is 0 Å². The summed E-state index contributed by atoms with van der Waals surface area (Å²) in [6.45, 7) is 7.60. The van der Waals surface area contributed by atoms with Crippen molar-refractivity contribution in [1.29, 1.82) is 0 Å². The van der Waals surface area contributed by atoms with Gasteiger partial charge in [0.25, 0.3) is 0 Å². The van der Waals surface area contributed by atoms with Crippen molar-refractivity contribution in [2.24, 2.45) is 11.3 Å². The van der Waals surface area contributed by atoms with E-state index in [9.17, 15) is 5.11 Å². The molecule has 2 atom stereocenters. The number of rotatable bonds is 5. The summed E-state index contributed by atoms with van der Waals surface area (Å²) < 4.78 is 5.50. The van der Waals surface area contributed by atoms with Gasteiger partial charge in [-0.15, -0.1) is 0 Å². The van der Waals surface area contributed by atoms with Crippen LogP contribution in [0.1, 0.15) is 45.4 Å². The summed E-state index contributed by atoms with van der Waals surface area (Å²) in [7, 11) is 0. The van der Waals surface area contributed by atoms with Gasteiger partial charge < -0.3 is 14.7 Å². The van der Waals surface area contributed by atoms with Crippen LogP contribution in [0.3, 0.4) is 0 Å². The molecule has 3 heteroatoms. The molecule has 2 fully saturated rings. The zero-order valence-electron chi connectivity index (χ0n) is 11.9. The van der Waals surface area contributed by atoms with Gasteiger partial charge in [-0.25, -0.2) is 0 Å². The van der Waals surface area contributed by atoms with Gasteiger partial charge in [-0.1, -0.05) is 19.8 Å². The SMILES string of the molecule is CCCC1CCCN(CC2(CO)CCOC2)CC1. The lowest BCUT2D eigenvalue weighted by Crippen LogP contribution is -2.41. The molecule has 3 nitrogen and oxygen atoms in total. The van der Waals surface area contributed by atoms with Gasteiger partial charge in [0.15, 0.2) is 0 Å². The molecular weight excluding hydrogens is 226 g/mol. The third-order valence-electron chi connectivity index (χ3n) is 4.72. The summed E-state index contributed by atoms with van der Waals surface area (Å²) in [6, 6.07) is 0. The minimum atomic E-state index is 0.0323. The van der Waals surface area contributed by atoms with E-state index in [1.54, 1.807) is 0 Å². The molecule has 0 saturated carbocycles. The molecule has 2 heterocycles. The van der Waals surface area contributed by atoms with E-state index in [1.165, 1.54) is 45.2 Å². The van der Waals surface area contributed by atoms with Gasteiger partial charge in [-0.05, 0) is 44.7 Å². The average molecular weight is 255 g/mol. The number of likely N-dealkylation sites (tertiary alicyclic amines) is 1. The minimum Gasteiger partial charge on any atom is -0.396 e. The Balaban J connectivity index is 1.82. The maximum absolute atomic E-state index is 9.65. The van der Waals surface area contributed by atoms with Gasteiger partial charge in [-0.2, -0.15) is 0 Å². The fourth-order valence-corrected chi connectivity index (χ4v) is 3.50. The molecule has 18 heavy (non-hydrogen) atoms. The third-order valence-corrected chi connectivity index (χ3v) is 4.72. The number of aliphatic hydroxyl groups is 1. The van der Waals surface area contributed by atoms with Crippen molar-refractivity contribution in [1.82, 2.24) is 4.90 Å². The van der Waals surface area contributed by atoms with Crippen LogP contribution in [-0.4, -0.2) is 49.5 Å². The van der Waals surface area contributed by atoms with Crippen molar-refractivity contribution in [3.05, 3.63) is 0 Å². The van der Waals surface area contributed by atoms with E-state index < -0.39 is 0 Å². The van der Waals surface area contributed by atoms with E-state index >= 15 is 0 Å². The van der Waals surface area contributed by atoms with Crippen molar-refractivity contribution in [2.75, 3.05) is 39.5 Å². The number of ether oxygens (including phenoxy) is 1. The van der Waals surface area contributed by atoms with Crippen LogP contribution in [0.2, 0.25) is 0 Å². The Hall–Kier alpha value is -0.120. The molecule has 0 amide bonds. The number of nitrogens with zero attached hydrogens (tertiary/aromatic N) is 1. The molecular formula is C15H29NO2. The van der Waals surface area contributed by atoms with Crippen molar-refractivity contribution in [2.45, 2.75) is 45.4 Å². The normalized spacial score (nSPS) is 34.7. The lowest BCUT2D eigenvalue weighted by molar-refractivity contribution is 0.0574. The molecule has 0 aromatic carbocycles. The lowest BCUT2D eigenvalue weighted by Gasteiger charge is -2.32. The van der Waals surface area contributed by atoms with E-state index in [-0.39, 0.29) is 12.0 Å². The second kappa shape index (κ2) is 6.88. The second-order valence-electron chi connectivity index (χ2n) is 6.32. The molecule has 0 aromatic rings. The van der Waals surface area contributed by atoms with Crippen LogP contribution >= 0.6 is 0 Å². The average Bonchev–Trinajstić information content (AvgIpc) is 2.74. The topological polar surface area (TPSA) is 32.7 Å². The van der Waals surface area contributed by atoms with Crippen LogP contribution in [-0.2, 0) is 4.74 Å². The first-order valence-corrected chi connectivity index (χ1v) is 7.69. The molecule has 0 radical (unpaired) electrons. The molecule has 1 N–H and O–H groups in total. The zero-order chi connectivity index (χ0) is 12.8. The van der Waals surface area contributed by atoms with Crippen LogP contribution in [0.25, 0.3) is 0 Å². The van der Waals surface area contributed by atoms with Crippen molar-refractivity contribution >= 4 is 0 Å². The minimum absolute atomic E-state index is 0.0323. The highest BCUT2D eigenvalue weighted by atomic mass is 16.5. The maximum atomic E-state index is 9.65. The maximum Gasteiger partial charge on any atom is 0.0557 e. The predicted octanol–water partition coefficient (Wildman–Crippen LogP) is 2.29. The first-order valence-electron chi connectivity index (χ1n) is 7.69. The molecule has 2 aliphatic rings. The molecule has 106 valence electrons. The Labute approximate surface area is 112 Å². The Morgan fingerprint density at radius 2 is 2.22 bits per heavy atom. The van der Waals surface area contributed by atoms with E-state index in [1.807, 2.05) is 0 Å². The van der Waals surface area contributed by atoms with Gasteiger partial charge in [0.1, 0.15) is 0 Å². The third kappa shape index (κ3) is 3.69.